The number of fused-ring (bicyclic) bond motifs is 1. The summed E-state index contributed by atoms with van der Waals surface area (Å²) in [6.07, 6.45) is 5.58. The molecule has 0 radical (unpaired) electrons. The van der Waals surface area contributed by atoms with Crippen molar-refractivity contribution >= 4 is 17.6 Å². The van der Waals surface area contributed by atoms with Gasteiger partial charge in [0.2, 0.25) is 5.91 Å². The van der Waals surface area contributed by atoms with Crippen molar-refractivity contribution in [3.05, 3.63) is 66.1 Å². The lowest BCUT2D eigenvalue weighted by Gasteiger charge is -2.42. The first-order valence-corrected chi connectivity index (χ1v) is 11.1. The summed E-state index contributed by atoms with van der Waals surface area (Å²) in [4.78, 5) is 31.3. The summed E-state index contributed by atoms with van der Waals surface area (Å²) in [7, 11) is 0. The number of piperidine rings is 1. The number of hydrogen-bond donors (Lipinski definition) is 2. The van der Waals surface area contributed by atoms with E-state index in [1.807, 2.05) is 40.6 Å². The quantitative estimate of drug-likeness (QED) is 0.647. The second-order valence-electron chi connectivity index (χ2n) is 8.34. The Kier molecular flexibility index (Phi) is 5.20. The fourth-order valence-electron chi connectivity index (χ4n) is 4.87. The lowest BCUT2D eigenvalue weighted by Crippen LogP contribution is -2.51. The molecule has 2 aliphatic heterocycles. The molecule has 2 saturated heterocycles. The number of carbonyl (C=O) groups excluding carboxylic acids is 2. The Balaban J connectivity index is 1.48. The van der Waals surface area contributed by atoms with E-state index in [2.05, 4.69) is 41.1 Å². The van der Waals surface area contributed by atoms with Gasteiger partial charge in [-0.1, -0.05) is 30.3 Å². The molecule has 166 valence electrons. The molecule has 1 aromatic carbocycles. The van der Waals surface area contributed by atoms with Crippen LogP contribution in [-0.2, 0) is 10.2 Å². The molecule has 8 heteroatoms. The first kappa shape index (κ1) is 20.4. The topological polar surface area (TPSA) is 88.0 Å². The fourth-order valence-corrected chi connectivity index (χ4v) is 4.87. The number of hydrogen-bond acceptors (Lipinski definition) is 4. The van der Waals surface area contributed by atoms with Crippen molar-refractivity contribution < 1.29 is 14.3 Å². The van der Waals surface area contributed by atoms with E-state index in [0.717, 1.165) is 29.9 Å². The standard InChI is InChI=1S/C24H27N5O3/c1-2-32-19-9-6-12-29-16-20(27-21(19)29)24(17-7-4-3-5-8-17)10-13-28(14-11-24)22(30)18-15-25-23(31)26-18/h3-9,12,16,18H,2,10-11,13-15H2,1H3,(H2,25,26,31). The highest BCUT2D eigenvalue weighted by Crippen LogP contribution is 2.42. The molecule has 2 fully saturated rings. The maximum atomic E-state index is 12.9. The minimum absolute atomic E-state index is 0.0290. The first-order valence-electron chi connectivity index (χ1n) is 11.1. The van der Waals surface area contributed by atoms with Gasteiger partial charge < -0.3 is 24.7 Å². The third kappa shape index (κ3) is 3.45. The minimum Gasteiger partial charge on any atom is -0.490 e. The fraction of sp³-hybridized carbons (Fsp3) is 0.375. The molecule has 0 saturated carbocycles. The Morgan fingerprint density at radius 2 is 1.97 bits per heavy atom. The summed E-state index contributed by atoms with van der Waals surface area (Å²) in [5.74, 6) is 0.736. The molecule has 1 atom stereocenters. The monoisotopic (exact) mass is 433 g/mol. The van der Waals surface area contributed by atoms with Gasteiger partial charge in [-0.2, -0.15) is 0 Å². The van der Waals surface area contributed by atoms with E-state index in [0.29, 0.717) is 26.2 Å². The SMILES string of the molecule is CCOc1cccn2cc(C3(c4ccccc4)CCN(C(=O)C4CNC(=O)N4)CC3)nc12. The van der Waals surface area contributed by atoms with Crippen molar-refractivity contribution in [1.82, 2.24) is 24.9 Å². The van der Waals surface area contributed by atoms with E-state index >= 15 is 0 Å². The average Bonchev–Trinajstić information content (AvgIpc) is 3.47. The van der Waals surface area contributed by atoms with Crippen molar-refractivity contribution in [3.8, 4) is 5.75 Å². The van der Waals surface area contributed by atoms with E-state index in [9.17, 15) is 9.59 Å². The van der Waals surface area contributed by atoms with Gasteiger partial charge >= 0.3 is 6.03 Å². The highest BCUT2D eigenvalue weighted by atomic mass is 16.5. The first-order chi connectivity index (χ1) is 15.6. The number of carbonyl (C=O) groups is 2. The Bertz CT molecular complexity index is 1140. The van der Waals surface area contributed by atoms with Crippen molar-refractivity contribution in [2.45, 2.75) is 31.2 Å². The van der Waals surface area contributed by atoms with Crippen LogP contribution in [0.15, 0.2) is 54.9 Å². The van der Waals surface area contributed by atoms with Crippen LogP contribution in [0.5, 0.6) is 5.75 Å². The van der Waals surface area contributed by atoms with E-state index in [4.69, 9.17) is 9.72 Å². The molecule has 3 aromatic rings. The van der Waals surface area contributed by atoms with Gasteiger partial charge in [-0.3, -0.25) is 4.79 Å². The van der Waals surface area contributed by atoms with Gasteiger partial charge in [0.25, 0.3) is 0 Å². The summed E-state index contributed by atoms with van der Waals surface area (Å²) in [5.41, 5.74) is 2.69. The van der Waals surface area contributed by atoms with Crippen LogP contribution >= 0.6 is 0 Å². The van der Waals surface area contributed by atoms with Crippen LogP contribution in [0.2, 0.25) is 0 Å². The van der Waals surface area contributed by atoms with Gasteiger partial charge in [-0.25, -0.2) is 9.78 Å². The number of pyridine rings is 1. The predicted octanol–water partition coefficient (Wildman–Crippen LogP) is 2.32. The molecule has 0 spiro atoms. The van der Waals surface area contributed by atoms with Crippen molar-refractivity contribution in [2.24, 2.45) is 0 Å². The molecule has 0 bridgehead atoms. The summed E-state index contributed by atoms with van der Waals surface area (Å²) in [6.45, 7) is 4.09. The van der Waals surface area contributed by atoms with E-state index in [1.54, 1.807) is 0 Å². The molecule has 2 aromatic heterocycles. The van der Waals surface area contributed by atoms with Crippen molar-refractivity contribution in [2.75, 3.05) is 26.2 Å². The molecule has 4 heterocycles. The second kappa shape index (κ2) is 8.18. The van der Waals surface area contributed by atoms with Crippen LogP contribution in [0.25, 0.3) is 5.65 Å². The molecule has 5 rings (SSSR count). The lowest BCUT2D eigenvalue weighted by molar-refractivity contribution is -0.134. The number of amides is 3. The molecule has 1 unspecified atom stereocenters. The molecular formula is C24H27N5O3. The maximum absolute atomic E-state index is 12.9. The number of rotatable bonds is 5. The predicted molar refractivity (Wildman–Crippen MR) is 120 cm³/mol. The summed E-state index contributed by atoms with van der Waals surface area (Å²) < 4.78 is 7.81. The number of nitrogens with zero attached hydrogens (tertiary/aromatic N) is 3. The number of aromatic nitrogens is 2. The van der Waals surface area contributed by atoms with Gasteiger partial charge in [0.1, 0.15) is 6.04 Å². The molecule has 32 heavy (non-hydrogen) atoms. The molecule has 0 aliphatic carbocycles. The molecule has 3 amide bonds. The molecule has 8 nitrogen and oxygen atoms in total. The zero-order valence-corrected chi connectivity index (χ0v) is 18.1. The summed E-state index contributed by atoms with van der Waals surface area (Å²) in [6, 6.07) is 13.5. The van der Waals surface area contributed by atoms with Crippen LogP contribution in [0.4, 0.5) is 4.79 Å². The maximum Gasteiger partial charge on any atom is 0.315 e. The van der Waals surface area contributed by atoms with Crippen LogP contribution < -0.4 is 15.4 Å². The lowest BCUT2D eigenvalue weighted by atomic mass is 9.70. The van der Waals surface area contributed by atoms with E-state index < -0.39 is 6.04 Å². The van der Waals surface area contributed by atoms with Crippen molar-refractivity contribution in [1.29, 1.82) is 0 Å². The summed E-state index contributed by atoms with van der Waals surface area (Å²) >= 11 is 0. The Labute approximate surface area is 186 Å². The number of nitrogens with one attached hydrogen (secondary N) is 2. The number of likely N-dealkylation sites (tertiary alicyclic amines) is 1. The van der Waals surface area contributed by atoms with Gasteiger partial charge in [-0.05, 0) is 37.5 Å². The van der Waals surface area contributed by atoms with Crippen LogP contribution in [-0.4, -0.2) is 58.5 Å². The number of benzene rings is 1. The highest BCUT2D eigenvalue weighted by molar-refractivity contribution is 5.90. The van der Waals surface area contributed by atoms with Gasteiger partial charge in [0.05, 0.1) is 12.3 Å². The Hall–Kier alpha value is -3.55. The Morgan fingerprint density at radius 3 is 2.66 bits per heavy atom. The zero-order valence-electron chi connectivity index (χ0n) is 18.1. The number of ether oxygens (including phenoxy) is 1. The van der Waals surface area contributed by atoms with Gasteiger partial charge in [0, 0.05) is 37.4 Å². The van der Waals surface area contributed by atoms with Crippen LogP contribution in [0, 0.1) is 0 Å². The van der Waals surface area contributed by atoms with E-state index in [-0.39, 0.29) is 17.4 Å². The average molecular weight is 434 g/mol. The largest absolute Gasteiger partial charge is 0.490 e. The smallest absolute Gasteiger partial charge is 0.315 e. The highest BCUT2D eigenvalue weighted by Gasteiger charge is 2.42. The number of imidazole rings is 1. The molecule has 2 N–H and O–H groups in total. The van der Waals surface area contributed by atoms with Crippen molar-refractivity contribution in [3.63, 3.8) is 0 Å². The van der Waals surface area contributed by atoms with Gasteiger partial charge in [-0.15, -0.1) is 0 Å². The molecular weight excluding hydrogens is 406 g/mol. The minimum atomic E-state index is -0.490. The third-order valence-corrected chi connectivity index (χ3v) is 6.56. The van der Waals surface area contributed by atoms with Crippen LogP contribution in [0.3, 0.4) is 0 Å². The van der Waals surface area contributed by atoms with Crippen LogP contribution in [0.1, 0.15) is 31.0 Å². The van der Waals surface area contributed by atoms with Gasteiger partial charge in [0.15, 0.2) is 11.4 Å². The number of urea groups is 1. The zero-order chi connectivity index (χ0) is 22.1. The van der Waals surface area contributed by atoms with E-state index in [1.165, 1.54) is 5.56 Å². The normalized spacial score (nSPS) is 20.1. The Morgan fingerprint density at radius 1 is 1.19 bits per heavy atom. The summed E-state index contributed by atoms with van der Waals surface area (Å²) in [5, 5.41) is 5.37. The third-order valence-electron chi connectivity index (χ3n) is 6.56. The molecule has 2 aliphatic rings. The second-order valence-corrected chi connectivity index (χ2v) is 8.34.